The van der Waals surface area contributed by atoms with Crippen LogP contribution in [0.4, 0.5) is 0 Å². The van der Waals surface area contributed by atoms with Gasteiger partial charge in [-0.05, 0) is 24.3 Å². The first-order chi connectivity index (χ1) is 9.63. The number of carbonyl (C=O) groups is 1. The molecule has 0 spiro atoms. The molecule has 6 nitrogen and oxygen atoms in total. The van der Waals surface area contributed by atoms with Crippen LogP contribution in [-0.2, 0) is 0 Å². The summed E-state index contributed by atoms with van der Waals surface area (Å²) in [6, 6.07) is 9.24. The highest BCUT2D eigenvalue weighted by Gasteiger charge is 2.11. The van der Waals surface area contributed by atoms with Crippen molar-refractivity contribution >= 4 is 5.97 Å². The number of methoxy groups -OCH3 is 1. The molecule has 20 heavy (non-hydrogen) atoms. The Morgan fingerprint density at radius 2 is 2.10 bits per heavy atom. The van der Waals surface area contributed by atoms with Crippen molar-refractivity contribution in [1.82, 2.24) is 4.98 Å². The Kier molecular flexibility index (Phi) is 3.82. The van der Waals surface area contributed by atoms with Crippen LogP contribution in [0.25, 0.3) is 0 Å². The first kappa shape index (κ1) is 13.4. The van der Waals surface area contributed by atoms with Crippen molar-refractivity contribution in [2.75, 3.05) is 7.11 Å². The van der Waals surface area contributed by atoms with E-state index in [9.17, 15) is 4.79 Å². The van der Waals surface area contributed by atoms with Crippen molar-refractivity contribution in [3.05, 3.63) is 47.8 Å². The number of aromatic carboxylic acids is 1. The lowest BCUT2D eigenvalue weighted by molar-refractivity contribution is 0.0696. The summed E-state index contributed by atoms with van der Waals surface area (Å²) in [5.41, 5.74) is 0.324. The number of carboxylic acids is 1. The molecule has 0 aliphatic heterocycles. The fourth-order valence-electron chi connectivity index (χ4n) is 1.55. The van der Waals surface area contributed by atoms with Gasteiger partial charge in [0.1, 0.15) is 17.5 Å². The number of nitrogens with zero attached hydrogens (tertiary/aromatic N) is 2. The molecule has 0 aliphatic carbocycles. The molecular formula is C14H10N2O4. The highest BCUT2D eigenvalue weighted by atomic mass is 16.5. The summed E-state index contributed by atoms with van der Waals surface area (Å²) >= 11 is 0. The van der Waals surface area contributed by atoms with Crippen LogP contribution in [0.5, 0.6) is 17.2 Å². The number of benzene rings is 1. The van der Waals surface area contributed by atoms with Crippen LogP contribution in [-0.4, -0.2) is 23.2 Å². The lowest BCUT2D eigenvalue weighted by Gasteiger charge is -2.10. The monoisotopic (exact) mass is 270 g/mol. The van der Waals surface area contributed by atoms with Gasteiger partial charge >= 0.3 is 5.97 Å². The smallest absolute Gasteiger partial charge is 0.335 e. The molecule has 1 N–H and O–H groups in total. The van der Waals surface area contributed by atoms with Crippen LogP contribution in [0.15, 0.2) is 36.5 Å². The predicted molar refractivity (Wildman–Crippen MR) is 69.0 cm³/mol. The van der Waals surface area contributed by atoms with Crippen LogP contribution >= 0.6 is 0 Å². The van der Waals surface area contributed by atoms with Crippen LogP contribution in [0.2, 0.25) is 0 Å². The summed E-state index contributed by atoms with van der Waals surface area (Å²) in [5.74, 6) is 0.0104. The Hall–Kier alpha value is -3.07. The Morgan fingerprint density at radius 3 is 2.75 bits per heavy atom. The van der Waals surface area contributed by atoms with Crippen molar-refractivity contribution in [2.45, 2.75) is 0 Å². The van der Waals surface area contributed by atoms with Gasteiger partial charge in [0, 0.05) is 12.3 Å². The highest BCUT2D eigenvalue weighted by molar-refractivity contribution is 5.88. The number of ether oxygens (including phenoxy) is 2. The molecule has 0 radical (unpaired) electrons. The summed E-state index contributed by atoms with van der Waals surface area (Å²) in [6.07, 6.45) is 1.45. The van der Waals surface area contributed by atoms with Gasteiger partial charge in [0.2, 0.25) is 0 Å². The maximum atomic E-state index is 10.9. The zero-order valence-electron chi connectivity index (χ0n) is 10.5. The fourth-order valence-corrected chi connectivity index (χ4v) is 1.55. The number of pyridine rings is 1. The minimum atomic E-state index is -1.05. The van der Waals surface area contributed by atoms with Crippen molar-refractivity contribution in [1.29, 1.82) is 5.26 Å². The van der Waals surface area contributed by atoms with Crippen LogP contribution < -0.4 is 9.47 Å². The molecule has 6 heteroatoms. The van der Waals surface area contributed by atoms with Gasteiger partial charge in [0.25, 0.3) is 0 Å². The van der Waals surface area contributed by atoms with Gasteiger partial charge in [-0.2, -0.15) is 5.26 Å². The van der Waals surface area contributed by atoms with Gasteiger partial charge in [0.05, 0.1) is 12.7 Å². The Labute approximate surface area is 114 Å². The predicted octanol–water partition coefficient (Wildman–Crippen LogP) is 2.45. The Bertz CT molecular complexity index is 692. The first-order valence-corrected chi connectivity index (χ1v) is 5.59. The molecule has 0 fully saturated rings. The lowest BCUT2D eigenvalue weighted by atomic mass is 10.2. The maximum Gasteiger partial charge on any atom is 0.335 e. The maximum absolute atomic E-state index is 10.9. The zero-order chi connectivity index (χ0) is 14.5. The molecule has 1 aromatic heterocycles. The molecule has 0 unspecified atom stereocenters. The molecular weight excluding hydrogens is 260 g/mol. The van der Waals surface area contributed by atoms with E-state index >= 15 is 0 Å². The first-order valence-electron chi connectivity index (χ1n) is 5.59. The van der Waals surface area contributed by atoms with Crippen LogP contribution in [0.1, 0.15) is 16.1 Å². The minimum absolute atomic E-state index is 0.0987. The Balaban J connectivity index is 2.33. The van der Waals surface area contributed by atoms with E-state index in [-0.39, 0.29) is 11.3 Å². The van der Waals surface area contributed by atoms with E-state index in [1.54, 1.807) is 6.07 Å². The molecule has 0 bridgehead atoms. The van der Waals surface area contributed by atoms with Crippen LogP contribution in [0.3, 0.4) is 0 Å². The van der Waals surface area contributed by atoms with E-state index in [0.717, 1.165) is 0 Å². The van der Waals surface area contributed by atoms with Gasteiger partial charge in [-0.3, -0.25) is 0 Å². The summed E-state index contributed by atoms with van der Waals surface area (Å²) in [7, 11) is 1.42. The fraction of sp³-hybridized carbons (Fsp3) is 0.0714. The second-order valence-electron chi connectivity index (χ2n) is 3.76. The SMILES string of the molecule is COc1cc(C(=O)O)ccc1Oc1ccnc(C#N)c1. The third-order valence-corrected chi connectivity index (χ3v) is 2.48. The largest absolute Gasteiger partial charge is 0.493 e. The summed E-state index contributed by atoms with van der Waals surface area (Å²) in [4.78, 5) is 14.7. The molecule has 0 aliphatic rings. The lowest BCUT2D eigenvalue weighted by Crippen LogP contribution is -1.98. The number of nitriles is 1. The van der Waals surface area contributed by atoms with Crippen molar-refractivity contribution in [3.8, 4) is 23.3 Å². The van der Waals surface area contributed by atoms with E-state index in [1.165, 1.54) is 37.6 Å². The standard InChI is InChI=1S/C14H10N2O4/c1-19-13-6-9(14(17)18)2-3-12(13)20-11-4-5-16-10(7-11)8-15/h2-7H,1H3,(H,17,18). The number of rotatable bonds is 4. The quantitative estimate of drug-likeness (QED) is 0.917. The van der Waals surface area contributed by atoms with Crippen molar-refractivity contribution in [2.24, 2.45) is 0 Å². The number of carboxylic acid groups (broad SMARTS) is 1. The van der Waals surface area contributed by atoms with Gasteiger partial charge < -0.3 is 14.6 Å². The zero-order valence-corrected chi connectivity index (χ0v) is 10.5. The molecule has 1 aromatic carbocycles. The van der Waals surface area contributed by atoms with Gasteiger partial charge in [0.15, 0.2) is 11.5 Å². The van der Waals surface area contributed by atoms with E-state index in [4.69, 9.17) is 19.8 Å². The van der Waals surface area contributed by atoms with Gasteiger partial charge in [-0.1, -0.05) is 0 Å². The molecule has 2 aromatic rings. The molecule has 0 amide bonds. The molecule has 0 saturated carbocycles. The molecule has 1 heterocycles. The minimum Gasteiger partial charge on any atom is -0.493 e. The average molecular weight is 270 g/mol. The van der Waals surface area contributed by atoms with E-state index < -0.39 is 5.97 Å². The van der Waals surface area contributed by atoms with Crippen LogP contribution in [0, 0.1) is 11.3 Å². The average Bonchev–Trinajstić information content (AvgIpc) is 2.47. The molecule has 2 rings (SSSR count). The summed E-state index contributed by atoms with van der Waals surface area (Å²) in [6.45, 7) is 0. The number of hydrogen-bond donors (Lipinski definition) is 1. The third kappa shape index (κ3) is 2.84. The topological polar surface area (TPSA) is 92.4 Å². The normalized spacial score (nSPS) is 9.60. The number of aromatic nitrogens is 1. The molecule has 0 atom stereocenters. The van der Waals surface area contributed by atoms with Crippen molar-refractivity contribution in [3.63, 3.8) is 0 Å². The third-order valence-electron chi connectivity index (χ3n) is 2.48. The Morgan fingerprint density at radius 1 is 1.30 bits per heavy atom. The van der Waals surface area contributed by atoms with Gasteiger partial charge in [-0.15, -0.1) is 0 Å². The molecule has 100 valence electrons. The second-order valence-corrected chi connectivity index (χ2v) is 3.76. The highest BCUT2D eigenvalue weighted by Crippen LogP contribution is 2.32. The molecule has 0 saturated heterocycles. The second kappa shape index (κ2) is 5.71. The van der Waals surface area contributed by atoms with E-state index in [0.29, 0.717) is 17.2 Å². The van der Waals surface area contributed by atoms with E-state index in [2.05, 4.69) is 4.98 Å². The van der Waals surface area contributed by atoms with Gasteiger partial charge in [-0.25, -0.2) is 9.78 Å². The number of hydrogen-bond acceptors (Lipinski definition) is 5. The van der Waals surface area contributed by atoms with E-state index in [1.807, 2.05) is 6.07 Å². The van der Waals surface area contributed by atoms with Crippen molar-refractivity contribution < 1.29 is 19.4 Å². The summed E-state index contributed by atoms with van der Waals surface area (Å²) in [5, 5.41) is 17.7. The summed E-state index contributed by atoms with van der Waals surface area (Å²) < 4.78 is 10.7.